The third-order valence-electron chi connectivity index (χ3n) is 6.85. The second kappa shape index (κ2) is 8.56. The van der Waals surface area contributed by atoms with Crippen LogP contribution in [-0.2, 0) is 4.79 Å². The van der Waals surface area contributed by atoms with Crippen LogP contribution in [0.3, 0.4) is 0 Å². The zero-order valence-corrected chi connectivity index (χ0v) is 16.0. The number of carbonyl (C=O) groups excluding carboxylic acids is 1. The van der Waals surface area contributed by atoms with Crippen LogP contribution in [0.4, 0.5) is 0 Å². The number of benzene rings is 1. The summed E-state index contributed by atoms with van der Waals surface area (Å²) >= 11 is 0. The molecule has 1 amide bonds. The molecule has 26 heavy (non-hydrogen) atoms. The number of hydrogen-bond acceptors (Lipinski definition) is 2. The maximum absolute atomic E-state index is 12.8. The fourth-order valence-electron chi connectivity index (χ4n) is 5.01. The van der Waals surface area contributed by atoms with E-state index in [1.165, 1.54) is 57.1 Å². The predicted octanol–water partition coefficient (Wildman–Crippen LogP) is 4.20. The highest BCUT2D eigenvalue weighted by molar-refractivity contribution is 5.83. The number of nitrogens with zero attached hydrogens (tertiary/aromatic N) is 1. The number of hydrogen-bond donors (Lipinski definition) is 1. The second-order valence-electron chi connectivity index (χ2n) is 8.79. The molecule has 0 spiro atoms. The maximum atomic E-state index is 12.8. The molecule has 1 aromatic rings. The molecular formula is C23H34N2O. The Morgan fingerprint density at radius 2 is 1.58 bits per heavy atom. The first kappa shape index (κ1) is 18.0. The lowest BCUT2D eigenvalue weighted by Gasteiger charge is -2.33. The van der Waals surface area contributed by atoms with E-state index >= 15 is 0 Å². The Balaban J connectivity index is 1.15. The predicted molar refractivity (Wildman–Crippen MR) is 106 cm³/mol. The summed E-state index contributed by atoms with van der Waals surface area (Å²) in [5.74, 6) is 2.80. The van der Waals surface area contributed by atoms with Gasteiger partial charge in [-0.05, 0) is 68.5 Å². The third-order valence-corrected chi connectivity index (χ3v) is 6.85. The van der Waals surface area contributed by atoms with Crippen molar-refractivity contribution in [2.45, 2.75) is 57.3 Å². The topological polar surface area (TPSA) is 32.3 Å². The van der Waals surface area contributed by atoms with Gasteiger partial charge in [0.1, 0.15) is 0 Å². The summed E-state index contributed by atoms with van der Waals surface area (Å²) in [6.45, 7) is 4.29. The van der Waals surface area contributed by atoms with Crippen LogP contribution in [0.25, 0.3) is 0 Å². The molecule has 1 saturated heterocycles. The van der Waals surface area contributed by atoms with Crippen molar-refractivity contribution in [1.29, 1.82) is 0 Å². The monoisotopic (exact) mass is 354 g/mol. The number of likely N-dealkylation sites (tertiary alicyclic amines) is 1. The van der Waals surface area contributed by atoms with Crippen molar-refractivity contribution in [3.05, 3.63) is 35.9 Å². The van der Waals surface area contributed by atoms with Crippen molar-refractivity contribution in [1.82, 2.24) is 10.2 Å². The van der Waals surface area contributed by atoms with Crippen LogP contribution >= 0.6 is 0 Å². The molecule has 2 unspecified atom stereocenters. The number of nitrogens with one attached hydrogen (secondary N) is 1. The minimum Gasteiger partial charge on any atom is -0.342 e. The van der Waals surface area contributed by atoms with E-state index in [-0.39, 0.29) is 5.92 Å². The molecule has 3 nitrogen and oxygen atoms in total. The fourth-order valence-corrected chi connectivity index (χ4v) is 5.01. The van der Waals surface area contributed by atoms with Gasteiger partial charge in [0.2, 0.25) is 5.91 Å². The first-order valence-corrected chi connectivity index (χ1v) is 10.9. The van der Waals surface area contributed by atoms with E-state index in [1.54, 1.807) is 0 Å². The summed E-state index contributed by atoms with van der Waals surface area (Å²) < 4.78 is 0. The van der Waals surface area contributed by atoms with Crippen molar-refractivity contribution in [3.63, 3.8) is 0 Å². The van der Waals surface area contributed by atoms with Gasteiger partial charge in [-0.1, -0.05) is 49.6 Å². The fraction of sp³-hybridized carbons (Fsp3) is 0.696. The number of piperidine rings is 1. The lowest BCUT2D eigenvalue weighted by molar-refractivity contribution is -0.134. The van der Waals surface area contributed by atoms with Crippen molar-refractivity contribution in [2.75, 3.05) is 26.2 Å². The van der Waals surface area contributed by atoms with Crippen molar-refractivity contribution in [2.24, 2.45) is 17.8 Å². The molecule has 3 fully saturated rings. The van der Waals surface area contributed by atoms with Crippen LogP contribution in [0.15, 0.2) is 30.3 Å². The zero-order valence-electron chi connectivity index (χ0n) is 16.0. The molecule has 0 radical (unpaired) electrons. The highest BCUT2D eigenvalue weighted by Crippen LogP contribution is 2.48. The quantitative estimate of drug-likeness (QED) is 0.830. The molecular weight excluding hydrogens is 320 g/mol. The Labute approximate surface area is 158 Å². The summed E-state index contributed by atoms with van der Waals surface area (Å²) in [4.78, 5) is 14.9. The first-order chi connectivity index (χ1) is 12.8. The Morgan fingerprint density at radius 1 is 0.923 bits per heavy atom. The molecule has 1 aromatic carbocycles. The first-order valence-electron chi connectivity index (χ1n) is 10.9. The highest BCUT2D eigenvalue weighted by Gasteiger charge is 2.45. The summed E-state index contributed by atoms with van der Waals surface area (Å²) in [7, 11) is 0. The smallest absolute Gasteiger partial charge is 0.226 e. The zero-order chi connectivity index (χ0) is 17.8. The SMILES string of the molecule is O=C(C1CC1c1ccccc1)N1CCC(CNCC2CCCCC2)CC1. The van der Waals surface area contributed by atoms with Gasteiger partial charge >= 0.3 is 0 Å². The van der Waals surface area contributed by atoms with E-state index < -0.39 is 0 Å². The van der Waals surface area contributed by atoms with Gasteiger partial charge in [-0.2, -0.15) is 0 Å². The van der Waals surface area contributed by atoms with Crippen LogP contribution in [0.2, 0.25) is 0 Å². The van der Waals surface area contributed by atoms with E-state index in [4.69, 9.17) is 0 Å². The summed E-state index contributed by atoms with van der Waals surface area (Å²) in [6.07, 6.45) is 10.5. The molecule has 2 saturated carbocycles. The van der Waals surface area contributed by atoms with Crippen molar-refractivity contribution in [3.8, 4) is 0 Å². The minimum absolute atomic E-state index is 0.248. The van der Waals surface area contributed by atoms with Crippen molar-refractivity contribution >= 4 is 5.91 Å². The van der Waals surface area contributed by atoms with Crippen LogP contribution in [0.5, 0.6) is 0 Å². The molecule has 142 valence electrons. The van der Waals surface area contributed by atoms with Gasteiger partial charge < -0.3 is 10.2 Å². The normalized spacial score (nSPS) is 27.5. The summed E-state index contributed by atoms with van der Waals surface area (Å²) in [6, 6.07) is 10.6. The number of rotatable bonds is 6. The van der Waals surface area contributed by atoms with Gasteiger partial charge in [0.25, 0.3) is 0 Å². The Bertz CT molecular complexity index is 573. The standard InChI is InChI=1S/C23H34N2O/c26-23(22-15-21(22)20-9-5-2-6-10-20)25-13-11-19(12-14-25)17-24-16-18-7-3-1-4-8-18/h2,5-6,9-10,18-19,21-22,24H,1,3-4,7-8,11-17H2. The Morgan fingerprint density at radius 3 is 2.27 bits per heavy atom. The molecule has 3 aliphatic rings. The van der Waals surface area contributed by atoms with Crippen LogP contribution in [-0.4, -0.2) is 37.0 Å². The van der Waals surface area contributed by atoms with Crippen LogP contribution in [0.1, 0.15) is 62.8 Å². The van der Waals surface area contributed by atoms with Gasteiger partial charge in [0.15, 0.2) is 0 Å². The molecule has 1 aliphatic heterocycles. The largest absolute Gasteiger partial charge is 0.342 e. The second-order valence-corrected chi connectivity index (χ2v) is 8.79. The van der Waals surface area contributed by atoms with E-state index in [1.807, 2.05) is 0 Å². The van der Waals surface area contributed by atoms with E-state index in [0.29, 0.717) is 11.8 Å². The van der Waals surface area contributed by atoms with Crippen LogP contribution in [0, 0.1) is 17.8 Å². The lowest BCUT2D eigenvalue weighted by Crippen LogP contribution is -2.42. The van der Waals surface area contributed by atoms with E-state index in [0.717, 1.165) is 37.9 Å². The van der Waals surface area contributed by atoms with E-state index in [9.17, 15) is 4.79 Å². The van der Waals surface area contributed by atoms with Gasteiger partial charge in [0, 0.05) is 19.0 Å². The lowest BCUT2D eigenvalue weighted by atomic mass is 9.89. The van der Waals surface area contributed by atoms with Crippen molar-refractivity contribution < 1.29 is 4.79 Å². The molecule has 1 heterocycles. The van der Waals surface area contributed by atoms with Gasteiger partial charge in [-0.15, -0.1) is 0 Å². The third kappa shape index (κ3) is 4.49. The summed E-state index contributed by atoms with van der Waals surface area (Å²) in [5.41, 5.74) is 1.34. The number of carbonyl (C=O) groups is 1. The van der Waals surface area contributed by atoms with Gasteiger partial charge in [-0.3, -0.25) is 4.79 Å². The molecule has 1 N–H and O–H groups in total. The van der Waals surface area contributed by atoms with Gasteiger partial charge in [0.05, 0.1) is 0 Å². The minimum atomic E-state index is 0.248. The number of amides is 1. The Hall–Kier alpha value is -1.35. The van der Waals surface area contributed by atoms with E-state index in [2.05, 4.69) is 40.5 Å². The maximum Gasteiger partial charge on any atom is 0.226 e. The average molecular weight is 355 g/mol. The molecule has 2 aliphatic carbocycles. The summed E-state index contributed by atoms with van der Waals surface area (Å²) in [5, 5.41) is 3.73. The molecule has 4 rings (SSSR count). The average Bonchev–Trinajstić information content (AvgIpc) is 3.50. The molecule has 3 heteroatoms. The Kier molecular flexibility index (Phi) is 5.94. The highest BCUT2D eigenvalue weighted by atomic mass is 16.2. The van der Waals surface area contributed by atoms with Gasteiger partial charge in [-0.25, -0.2) is 0 Å². The molecule has 2 atom stereocenters. The van der Waals surface area contributed by atoms with Crippen LogP contribution < -0.4 is 5.32 Å². The molecule has 0 aromatic heterocycles. The molecule has 0 bridgehead atoms.